The first-order valence-electron chi connectivity index (χ1n) is 7.72. The van der Waals surface area contributed by atoms with Crippen LogP contribution in [0.5, 0.6) is 0 Å². The molecule has 2 heterocycles. The maximum atomic E-state index is 5.45. The molecule has 0 bridgehead atoms. The Balaban J connectivity index is 1.97. The largest absolute Gasteiger partial charge is 0.381 e. The number of aliphatic imine (C=N–C) groups is 1. The van der Waals surface area contributed by atoms with Crippen LogP contribution in [0.4, 0.5) is 0 Å². The van der Waals surface area contributed by atoms with Crippen LogP contribution in [0.2, 0.25) is 0 Å². The van der Waals surface area contributed by atoms with Gasteiger partial charge in [0, 0.05) is 32.0 Å². The standard InChI is InChI=1S/C17H23N3O/c1-12(2)17(18-3)13-4-5-16-15(10-13)19-11-20(16)14-6-8-21-9-7-14/h4-5,10-12,14H,6-9H2,1-3H3. The summed E-state index contributed by atoms with van der Waals surface area (Å²) in [5.74, 6) is 0.421. The lowest BCUT2D eigenvalue weighted by Crippen LogP contribution is -2.18. The summed E-state index contributed by atoms with van der Waals surface area (Å²) in [6.45, 7) is 6.05. The van der Waals surface area contributed by atoms with Gasteiger partial charge in [-0.2, -0.15) is 0 Å². The molecule has 112 valence electrons. The molecule has 4 heteroatoms. The summed E-state index contributed by atoms with van der Waals surface area (Å²) in [6.07, 6.45) is 4.12. The van der Waals surface area contributed by atoms with Crippen LogP contribution in [-0.4, -0.2) is 35.5 Å². The average Bonchev–Trinajstić information content (AvgIpc) is 2.91. The molecule has 1 saturated heterocycles. The minimum atomic E-state index is 0.421. The van der Waals surface area contributed by atoms with E-state index in [2.05, 4.69) is 46.6 Å². The van der Waals surface area contributed by atoms with Gasteiger partial charge in [-0.1, -0.05) is 19.9 Å². The lowest BCUT2D eigenvalue weighted by molar-refractivity contribution is 0.0706. The summed E-state index contributed by atoms with van der Waals surface area (Å²) >= 11 is 0. The number of nitrogens with zero attached hydrogens (tertiary/aromatic N) is 3. The Labute approximate surface area is 125 Å². The van der Waals surface area contributed by atoms with Crippen molar-refractivity contribution in [3.8, 4) is 0 Å². The quantitative estimate of drug-likeness (QED) is 0.810. The molecular formula is C17H23N3O. The minimum Gasteiger partial charge on any atom is -0.381 e. The van der Waals surface area contributed by atoms with E-state index in [0.717, 1.165) is 37.3 Å². The molecule has 0 unspecified atom stereocenters. The van der Waals surface area contributed by atoms with Crippen LogP contribution < -0.4 is 0 Å². The number of rotatable bonds is 3. The summed E-state index contributed by atoms with van der Waals surface area (Å²) in [5, 5.41) is 0. The maximum Gasteiger partial charge on any atom is 0.0960 e. The van der Waals surface area contributed by atoms with Gasteiger partial charge in [0.1, 0.15) is 0 Å². The fraction of sp³-hybridized carbons (Fsp3) is 0.529. The maximum absolute atomic E-state index is 5.45. The number of ether oxygens (including phenoxy) is 1. The zero-order valence-corrected chi connectivity index (χ0v) is 13.0. The normalized spacial score (nSPS) is 17.8. The molecule has 3 rings (SSSR count). The SMILES string of the molecule is CN=C(c1ccc2c(c1)ncn2C1CCOCC1)C(C)C. The van der Waals surface area contributed by atoms with Crippen molar-refractivity contribution >= 4 is 16.7 Å². The summed E-state index contributed by atoms with van der Waals surface area (Å²) in [5.41, 5.74) is 4.58. The van der Waals surface area contributed by atoms with Crippen molar-refractivity contribution in [2.75, 3.05) is 20.3 Å². The van der Waals surface area contributed by atoms with Gasteiger partial charge in [-0.25, -0.2) is 4.98 Å². The molecule has 1 aromatic heterocycles. The summed E-state index contributed by atoms with van der Waals surface area (Å²) in [4.78, 5) is 9.02. The molecule has 1 fully saturated rings. The van der Waals surface area contributed by atoms with Crippen LogP contribution in [0.25, 0.3) is 11.0 Å². The van der Waals surface area contributed by atoms with E-state index in [-0.39, 0.29) is 0 Å². The Kier molecular flexibility index (Phi) is 4.06. The molecule has 0 aliphatic carbocycles. The zero-order valence-electron chi connectivity index (χ0n) is 13.0. The fourth-order valence-corrected chi connectivity index (χ4v) is 3.17. The third kappa shape index (κ3) is 2.72. The molecule has 0 amide bonds. The van der Waals surface area contributed by atoms with Crippen molar-refractivity contribution in [3.05, 3.63) is 30.1 Å². The van der Waals surface area contributed by atoms with Crippen LogP contribution in [0.1, 0.15) is 38.3 Å². The van der Waals surface area contributed by atoms with E-state index >= 15 is 0 Å². The Bertz CT molecular complexity index is 651. The molecule has 2 aromatic rings. The van der Waals surface area contributed by atoms with Gasteiger partial charge >= 0.3 is 0 Å². The van der Waals surface area contributed by atoms with E-state index in [4.69, 9.17) is 4.74 Å². The van der Waals surface area contributed by atoms with E-state index in [1.807, 2.05) is 13.4 Å². The highest BCUT2D eigenvalue weighted by atomic mass is 16.5. The number of hydrogen-bond acceptors (Lipinski definition) is 3. The predicted octanol–water partition coefficient (Wildman–Crippen LogP) is 3.46. The zero-order chi connectivity index (χ0) is 14.8. The predicted molar refractivity (Wildman–Crippen MR) is 86.1 cm³/mol. The lowest BCUT2D eigenvalue weighted by atomic mass is 9.99. The van der Waals surface area contributed by atoms with Gasteiger partial charge < -0.3 is 9.30 Å². The van der Waals surface area contributed by atoms with Crippen molar-refractivity contribution in [2.24, 2.45) is 10.9 Å². The Morgan fingerprint density at radius 2 is 2.10 bits per heavy atom. The van der Waals surface area contributed by atoms with E-state index in [9.17, 15) is 0 Å². The second-order valence-electron chi connectivity index (χ2n) is 5.96. The van der Waals surface area contributed by atoms with Gasteiger partial charge in [0.05, 0.1) is 17.4 Å². The molecule has 1 aromatic carbocycles. The second kappa shape index (κ2) is 5.98. The fourth-order valence-electron chi connectivity index (χ4n) is 3.17. The Morgan fingerprint density at radius 1 is 1.33 bits per heavy atom. The molecule has 0 saturated carbocycles. The highest BCUT2D eigenvalue weighted by Gasteiger charge is 2.18. The number of hydrogen-bond donors (Lipinski definition) is 0. The topological polar surface area (TPSA) is 39.4 Å². The van der Waals surface area contributed by atoms with Crippen molar-refractivity contribution in [1.82, 2.24) is 9.55 Å². The summed E-state index contributed by atoms with van der Waals surface area (Å²) < 4.78 is 7.76. The van der Waals surface area contributed by atoms with Gasteiger partial charge in [-0.3, -0.25) is 4.99 Å². The molecule has 4 nitrogen and oxygen atoms in total. The number of benzene rings is 1. The highest BCUT2D eigenvalue weighted by Crippen LogP contribution is 2.26. The van der Waals surface area contributed by atoms with Crippen molar-refractivity contribution in [1.29, 1.82) is 0 Å². The molecule has 0 N–H and O–H groups in total. The monoisotopic (exact) mass is 285 g/mol. The van der Waals surface area contributed by atoms with Crippen LogP contribution in [0, 0.1) is 5.92 Å². The summed E-state index contributed by atoms with van der Waals surface area (Å²) in [6, 6.07) is 7.02. The average molecular weight is 285 g/mol. The van der Waals surface area contributed by atoms with Gasteiger partial charge in [-0.05, 0) is 36.5 Å². The van der Waals surface area contributed by atoms with Crippen LogP contribution in [-0.2, 0) is 4.74 Å². The molecule has 1 aliphatic heterocycles. The third-order valence-corrected chi connectivity index (χ3v) is 4.24. The van der Waals surface area contributed by atoms with E-state index < -0.39 is 0 Å². The molecule has 0 radical (unpaired) electrons. The van der Waals surface area contributed by atoms with Crippen LogP contribution in [0.15, 0.2) is 29.5 Å². The Morgan fingerprint density at radius 3 is 2.76 bits per heavy atom. The highest BCUT2D eigenvalue weighted by molar-refractivity contribution is 6.03. The second-order valence-corrected chi connectivity index (χ2v) is 5.96. The lowest BCUT2D eigenvalue weighted by Gasteiger charge is -2.24. The Hall–Kier alpha value is -1.68. The first kappa shape index (κ1) is 14.3. The smallest absolute Gasteiger partial charge is 0.0960 e. The van der Waals surface area contributed by atoms with E-state index in [0.29, 0.717) is 12.0 Å². The van der Waals surface area contributed by atoms with Gasteiger partial charge in [0.15, 0.2) is 0 Å². The van der Waals surface area contributed by atoms with Crippen molar-refractivity contribution in [3.63, 3.8) is 0 Å². The van der Waals surface area contributed by atoms with Crippen molar-refractivity contribution in [2.45, 2.75) is 32.7 Å². The van der Waals surface area contributed by atoms with Gasteiger partial charge in [-0.15, -0.1) is 0 Å². The number of aromatic nitrogens is 2. The van der Waals surface area contributed by atoms with E-state index in [1.165, 1.54) is 11.1 Å². The van der Waals surface area contributed by atoms with Crippen LogP contribution >= 0.6 is 0 Å². The first-order valence-corrected chi connectivity index (χ1v) is 7.72. The van der Waals surface area contributed by atoms with E-state index in [1.54, 1.807) is 0 Å². The number of fused-ring (bicyclic) bond motifs is 1. The molecule has 0 spiro atoms. The van der Waals surface area contributed by atoms with Gasteiger partial charge in [0.25, 0.3) is 0 Å². The third-order valence-electron chi connectivity index (χ3n) is 4.24. The van der Waals surface area contributed by atoms with Crippen molar-refractivity contribution < 1.29 is 4.74 Å². The van der Waals surface area contributed by atoms with Crippen LogP contribution in [0.3, 0.4) is 0 Å². The van der Waals surface area contributed by atoms with Gasteiger partial charge in [0.2, 0.25) is 0 Å². The molecule has 0 atom stereocenters. The molecule has 1 aliphatic rings. The molecular weight excluding hydrogens is 262 g/mol. The molecule has 21 heavy (non-hydrogen) atoms. The minimum absolute atomic E-state index is 0.421. The first-order chi connectivity index (χ1) is 10.2. The summed E-state index contributed by atoms with van der Waals surface area (Å²) in [7, 11) is 1.86. The number of imidazole rings is 1.